The molecule has 0 saturated carbocycles. The van der Waals surface area contributed by atoms with Crippen molar-refractivity contribution in [1.82, 2.24) is 15.1 Å². The minimum Gasteiger partial charge on any atom is -0.344 e. The van der Waals surface area contributed by atoms with Crippen LogP contribution in [0.3, 0.4) is 0 Å². The van der Waals surface area contributed by atoms with Gasteiger partial charge in [-0.15, -0.1) is 0 Å². The van der Waals surface area contributed by atoms with Crippen LogP contribution in [-0.4, -0.2) is 15.7 Å². The molecule has 0 aliphatic heterocycles. The lowest BCUT2D eigenvalue weighted by Crippen LogP contribution is -2.29. The molecule has 112 valence electrons. The average Bonchev–Trinajstić information content (AvgIpc) is 2.87. The number of rotatable bonds is 4. The molecule has 2 rings (SSSR count). The molecule has 21 heavy (non-hydrogen) atoms. The number of aryl methyl sites for hydroxylation is 1. The quantitative estimate of drug-likeness (QED) is 0.926. The van der Waals surface area contributed by atoms with Gasteiger partial charge in [-0.2, -0.15) is 5.10 Å². The molecule has 1 atom stereocenters. The van der Waals surface area contributed by atoms with Crippen molar-refractivity contribution in [3.8, 4) is 0 Å². The molecular weight excluding hydrogens is 309 g/mol. The Bertz CT molecular complexity index is 644. The highest BCUT2D eigenvalue weighted by molar-refractivity contribution is 6.36. The predicted molar refractivity (Wildman–Crippen MR) is 84.9 cm³/mol. The van der Waals surface area contributed by atoms with Crippen molar-refractivity contribution >= 4 is 29.1 Å². The van der Waals surface area contributed by atoms with Gasteiger partial charge in [0.1, 0.15) is 0 Å². The van der Waals surface area contributed by atoms with E-state index < -0.39 is 0 Å². The largest absolute Gasteiger partial charge is 0.344 e. The number of hydrogen-bond acceptors (Lipinski definition) is 2. The van der Waals surface area contributed by atoms with Crippen LogP contribution >= 0.6 is 23.2 Å². The lowest BCUT2D eigenvalue weighted by Gasteiger charge is -2.17. The second-order valence-electron chi connectivity index (χ2n) is 4.88. The van der Waals surface area contributed by atoms with Crippen LogP contribution in [0.1, 0.15) is 41.0 Å². The number of amides is 1. The normalized spacial score (nSPS) is 12.2. The zero-order valence-electron chi connectivity index (χ0n) is 12.2. The number of benzene rings is 1. The number of nitrogens with one attached hydrogen (secondary N) is 1. The summed E-state index contributed by atoms with van der Waals surface area (Å²) in [6.07, 6.45) is 2.47. The molecule has 0 aliphatic rings. The Morgan fingerprint density at radius 1 is 1.38 bits per heavy atom. The molecule has 0 saturated heterocycles. The monoisotopic (exact) mass is 325 g/mol. The highest BCUT2D eigenvalue weighted by atomic mass is 35.5. The van der Waals surface area contributed by atoms with E-state index in [4.69, 9.17) is 23.2 Å². The third-order valence-corrected chi connectivity index (χ3v) is 4.26. The Labute approximate surface area is 134 Å². The van der Waals surface area contributed by atoms with Gasteiger partial charge in [0.2, 0.25) is 0 Å². The van der Waals surface area contributed by atoms with Crippen molar-refractivity contribution in [3.05, 3.63) is 51.3 Å². The summed E-state index contributed by atoms with van der Waals surface area (Å²) in [6, 6.07) is 5.05. The first-order valence-corrected chi connectivity index (χ1v) is 7.44. The second-order valence-corrected chi connectivity index (χ2v) is 5.69. The number of halogens is 2. The first-order valence-electron chi connectivity index (χ1n) is 6.68. The Hall–Kier alpha value is -1.52. The van der Waals surface area contributed by atoms with E-state index in [-0.39, 0.29) is 11.9 Å². The molecule has 0 unspecified atom stereocenters. The van der Waals surface area contributed by atoms with Crippen molar-refractivity contribution in [2.75, 3.05) is 0 Å². The molecule has 0 fully saturated rings. The van der Waals surface area contributed by atoms with Crippen LogP contribution in [0.15, 0.2) is 24.4 Å². The first kappa shape index (κ1) is 15.9. The molecule has 4 nitrogen and oxygen atoms in total. The van der Waals surface area contributed by atoms with Gasteiger partial charge in [0.05, 0.1) is 11.7 Å². The van der Waals surface area contributed by atoms with Gasteiger partial charge < -0.3 is 5.32 Å². The van der Waals surface area contributed by atoms with Gasteiger partial charge >= 0.3 is 0 Å². The van der Waals surface area contributed by atoms with E-state index in [1.165, 1.54) is 0 Å². The summed E-state index contributed by atoms with van der Waals surface area (Å²) >= 11 is 12.2. The van der Waals surface area contributed by atoms with Crippen LogP contribution in [-0.2, 0) is 7.05 Å². The minimum atomic E-state index is -0.202. The van der Waals surface area contributed by atoms with Crippen molar-refractivity contribution in [2.24, 2.45) is 7.05 Å². The second kappa shape index (κ2) is 6.50. The van der Waals surface area contributed by atoms with Gasteiger partial charge in [-0.05, 0) is 37.1 Å². The molecule has 2 aromatic rings. The van der Waals surface area contributed by atoms with Crippen LogP contribution in [0.25, 0.3) is 0 Å². The lowest BCUT2D eigenvalue weighted by molar-refractivity contribution is 0.0934. The van der Waals surface area contributed by atoms with Gasteiger partial charge in [-0.3, -0.25) is 9.48 Å². The molecule has 1 N–H and O–H groups in total. The maximum atomic E-state index is 12.4. The Kier molecular flexibility index (Phi) is 4.91. The zero-order chi connectivity index (χ0) is 15.6. The Morgan fingerprint density at radius 3 is 2.48 bits per heavy atom. The van der Waals surface area contributed by atoms with Crippen LogP contribution < -0.4 is 5.32 Å². The molecule has 1 amide bonds. The lowest BCUT2D eigenvalue weighted by atomic mass is 10.1. The first-order chi connectivity index (χ1) is 9.93. The maximum absolute atomic E-state index is 12.4. The van der Waals surface area contributed by atoms with Crippen LogP contribution in [0, 0.1) is 6.92 Å². The summed E-state index contributed by atoms with van der Waals surface area (Å²) in [5.74, 6) is -0.202. The van der Waals surface area contributed by atoms with Crippen LogP contribution in [0.2, 0.25) is 10.0 Å². The molecular formula is C15H17Cl2N3O. The third-order valence-electron chi connectivity index (χ3n) is 3.47. The van der Waals surface area contributed by atoms with E-state index in [1.54, 1.807) is 23.0 Å². The molecule has 6 heteroatoms. The fourth-order valence-electron chi connectivity index (χ4n) is 2.13. The molecule has 1 aromatic heterocycles. The fraction of sp³-hybridized carbons (Fsp3) is 0.333. The van der Waals surface area contributed by atoms with E-state index in [2.05, 4.69) is 10.4 Å². The van der Waals surface area contributed by atoms with E-state index in [1.807, 2.05) is 27.0 Å². The SMILES string of the molecule is CC[C@@H](NC(=O)c1cc(Cl)c(C)c(Cl)c1)c1ccnn1C. The summed E-state index contributed by atoms with van der Waals surface area (Å²) in [5.41, 5.74) is 2.18. The Morgan fingerprint density at radius 2 is 2.00 bits per heavy atom. The maximum Gasteiger partial charge on any atom is 0.251 e. The highest BCUT2D eigenvalue weighted by Crippen LogP contribution is 2.26. The average molecular weight is 326 g/mol. The number of aromatic nitrogens is 2. The van der Waals surface area contributed by atoms with Gasteiger partial charge in [0.15, 0.2) is 0 Å². The molecule has 0 aliphatic carbocycles. The van der Waals surface area contributed by atoms with E-state index in [0.717, 1.165) is 17.7 Å². The van der Waals surface area contributed by atoms with Gasteiger partial charge in [0, 0.05) is 28.9 Å². The van der Waals surface area contributed by atoms with E-state index in [9.17, 15) is 4.79 Å². The van der Waals surface area contributed by atoms with Crippen LogP contribution in [0.5, 0.6) is 0 Å². The molecule has 0 spiro atoms. The topological polar surface area (TPSA) is 46.9 Å². The number of carbonyl (C=O) groups excluding carboxylic acids is 1. The van der Waals surface area contributed by atoms with E-state index >= 15 is 0 Å². The third kappa shape index (κ3) is 3.39. The van der Waals surface area contributed by atoms with Gasteiger partial charge in [-0.1, -0.05) is 30.1 Å². The highest BCUT2D eigenvalue weighted by Gasteiger charge is 2.18. The smallest absolute Gasteiger partial charge is 0.251 e. The molecule has 1 aromatic carbocycles. The van der Waals surface area contributed by atoms with E-state index in [0.29, 0.717) is 15.6 Å². The summed E-state index contributed by atoms with van der Waals surface area (Å²) < 4.78 is 1.75. The number of nitrogens with zero attached hydrogens (tertiary/aromatic N) is 2. The van der Waals surface area contributed by atoms with Gasteiger partial charge in [0.25, 0.3) is 5.91 Å². The molecule has 0 radical (unpaired) electrons. The summed E-state index contributed by atoms with van der Waals surface area (Å²) in [4.78, 5) is 12.4. The molecule has 1 heterocycles. The summed E-state index contributed by atoms with van der Waals surface area (Å²) in [7, 11) is 1.85. The van der Waals surface area contributed by atoms with Gasteiger partial charge in [-0.25, -0.2) is 0 Å². The Balaban J connectivity index is 2.23. The summed E-state index contributed by atoms with van der Waals surface area (Å²) in [5, 5.41) is 8.09. The number of carbonyl (C=O) groups is 1. The number of hydrogen-bond donors (Lipinski definition) is 1. The standard InChI is InChI=1S/C15H17Cl2N3O/c1-4-13(14-5-6-18-20(14)3)19-15(21)10-7-11(16)9(2)12(17)8-10/h5-8,13H,4H2,1-3H3,(H,19,21)/t13-/m1/s1. The fourth-order valence-corrected chi connectivity index (χ4v) is 2.62. The van der Waals surface area contributed by atoms with Crippen molar-refractivity contribution < 1.29 is 4.79 Å². The van der Waals surface area contributed by atoms with Crippen LogP contribution in [0.4, 0.5) is 0 Å². The zero-order valence-corrected chi connectivity index (χ0v) is 13.7. The predicted octanol–water partition coefficient (Wildman–Crippen LogP) is 3.92. The molecule has 0 bridgehead atoms. The van der Waals surface area contributed by atoms with Crippen molar-refractivity contribution in [1.29, 1.82) is 0 Å². The van der Waals surface area contributed by atoms with Crippen molar-refractivity contribution in [3.63, 3.8) is 0 Å². The minimum absolute atomic E-state index is 0.108. The van der Waals surface area contributed by atoms with Crippen molar-refractivity contribution in [2.45, 2.75) is 26.3 Å². The summed E-state index contributed by atoms with van der Waals surface area (Å²) in [6.45, 7) is 3.82.